The van der Waals surface area contributed by atoms with Crippen molar-refractivity contribution in [2.24, 2.45) is 0 Å². The Morgan fingerprint density at radius 1 is 0.941 bits per heavy atom. The second kappa shape index (κ2) is 10.1. The zero-order valence-electron chi connectivity index (χ0n) is 19.4. The third-order valence-corrected chi connectivity index (χ3v) is 5.59. The lowest BCUT2D eigenvalue weighted by Crippen LogP contribution is -2.22. The van der Waals surface area contributed by atoms with E-state index in [2.05, 4.69) is 16.0 Å². The fourth-order valence-corrected chi connectivity index (χ4v) is 3.91. The van der Waals surface area contributed by atoms with Crippen LogP contribution in [0, 0.1) is 0 Å². The van der Waals surface area contributed by atoms with Crippen molar-refractivity contribution in [2.45, 2.75) is 13.3 Å². The first kappa shape index (κ1) is 22.9. The number of anilines is 2. The van der Waals surface area contributed by atoms with Crippen LogP contribution in [0.25, 0.3) is 11.3 Å². The Kier molecular flexibility index (Phi) is 6.82. The number of carbonyl (C=O) groups is 2. The third-order valence-electron chi connectivity index (χ3n) is 5.59. The predicted molar refractivity (Wildman–Crippen MR) is 134 cm³/mol. The largest absolute Gasteiger partial charge is 0.493 e. The highest BCUT2D eigenvalue weighted by Gasteiger charge is 2.30. The Bertz CT molecular complexity index is 1230. The molecule has 0 bridgehead atoms. The number of benzene rings is 3. The molecular formula is C27H27N3O4. The van der Waals surface area contributed by atoms with Gasteiger partial charge in [-0.15, -0.1) is 0 Å². The summed E-state index contributed by atoms with van der Waals surface area (Å²) in [4.78, 5) is 24.2. The van der Waals surface area contributed by atoms with Gasteiger partial charge in [-0.1, -0.05) is 42.5 Å². The van der Waals surface area contributed by atoms with Crippen molar-refractivity contribution in [1.82, 2.24) is 5.32 Å². The number of methoxy groups -OCH3 is 2. The Morgan fingerprint density at radius 2 is 1.62 bits per heavy atom. The van der Waals surface area contributed by atoms with Gasteiger partial charge in [0.15, 0.2) is 11.5 Å². The predicted octanol–water partition coefficient (Wildman–Crippen LogP) is 4.31. The van der Waals surface area contributed by atoms with Gasteiger partial charge >= 0.3 is 0 Å². The Balaban J connectivity index is 1.73. The SMILES string of the molecule is COc1cc2c(cc1OC)C(=C(Nc1ccc(CCNC(C)=O)cc1)c1ccccc1)C(=O)N2. The van der Waals surface area contributed by atoms with E-state index in [0.29, 0.717) is 35.0 Å². The topological polar surface area (TPSA) is 88.7 Å². The van der Waals surface area contributed by atoms with E-state index in [1.54, 1.807) is 20.3 Å². The molecule has 0 aromatic heterocycles. The number of hydrogen-bond acceptors (Lipinski definition) is 5. The van der Waals surface area contributed by atoms with Crippen LogP contribution in [-0.2, 0) is 16.0 Å². The summed E-state index contributed by atoms with van der Waals surface area (Å²) in [5, 5.41) is 9.20. The van der Waals surface area contributed by atoms with Crippen molar-refractivity contribution in [1.29, 1.82) is 0 Å². The number of amides is 2. The third kappa shape index (κ3) is 4.88. The van der Waals surface area contributed by atoms with E-state index in [-0.39, 0.29) is 11.8 Å². The van der Waals surface area contributed by atoms with E-state index in [0.717, 1.165) is 28.8 Å². The summed E-state index contributed by atoms with van der Waals surface area (Å²) in [6, 6.07) is 21.3. The normalized spacial score (nSPS) is 13.6. The van der Waals surface area contributed by atoms with Crippen LogP contribution in [0.2, 0.25) is 0 Å². The van der Waals surface area contributed by atoms with Crippen LogP contribution in [0.3, 0.4) is 0 Å². The molecule has 0 atom stereocenters. The maximum atomic E-state index is 13.1. The van der Waals surface area contributed by atoms with Gasteiger partial charge in [0.05, 0.1) is 31.2 Å². The highest BCUT2D eigenvalue weighted by molar-refractivity contribution is 6.37. The van der Waals surface area contributed by atoms with Crippen molar-refractivity contribution in [3.8, 4) is 11.5 Å². The molecule has 0 spiro atoms. The second-order valence-electron chi connectivity index (χ2n) is 7.88. The summed E-state index contributed by atoms with van der Waals surface area (Å²) in [6.45, 7) is 2.10. The Labute approximate surface area is 198 Å². The molecule has 0 saturated heterocycles. The molecule has 0 unspecified atom stereocenters. The molecule has 34 heavy (non-hydrogen) atoms. The van der Waals surface area contributed by atoms with Gasteiger partial charge in [0.1, 0.15) is 0 Å². The van der Waals surface area contributed by atoms with Crippen molar-refractivity contribution in [3.63, 3.8) is 0 Å². The Hall–Kier alpha value is -4.26. The van der Waals surface area contributed by atoms with Gasteiger partial charge in [-0.25, -0.2) is 0 Å². The zero-order valence-corrected chi connectivity index (χ0v) is 19.4. The summed E-state index contributed by atoms with van der Waals surface area (Å²) in [7, 11) is 3.14. The van der Waals surface area contributed by atoms with Crippen LogP contribution in [0.15, 0.2) is 66.7 Å². The minimum absolute atomic E-state index is 0.0400. The standard InChI is InChI=1S/C27H27N3O4/c1-17(31)28-14-13-18-9-11-20(12-10-18)29-26(19-7-5-4-6-8-19)25-21-15-23(33-2)24(34-3)16-22(21)30-27(25)32/h4-12,15-16,29H,13-14H2,1-3H3,(H,28,31)(H,30,32). The van der Waals surface area contributed by atoms with Crippen molar-refractivity contribution < 1.29 is 19.1 Å². The van der Waals surface area contributed by atoms with Crippen LogP contribution in [-0.4, -0.2) is 32.6 Å². The highest BCUT2D eigenvalue weighted by atomic mass is 16.5. The molecule has 0 saturated carbocycles. The molecule has 3 N–H and O–H groups in total. The molecule has 7 nitrogen and oxygen atoms in total. The van der Waals surface area contributed by atoms with Gasteiger partial charge in [0.2, 0.25) is 5.91 Å². The average Bonchev–Trinajstić information content (AvgIpc) is 3.17. The zero-order chi connectivity index (χ0) is 24.1. The van der Waals surface area contributed by atoms with E-state index in [1.165, 1.54) is 6.92 Å². The molecule has 7 heteroatoms. The van der Waals surface area contributed by atoms with Gasteiger partial charge in [-0.2, -0.15) is 0 Å². The second-order valence-corrected chi connectivity index (χ2v) is 7.88. The van der Waals surface area contributed by atoms with E-state index in [9.17, 15) is 9.59 Å². The molecule has 3 aromatic carbocycles. The lowest BCUT2D eigenvalue weighted by Gasteiger charge is -2.16. The minimum atomic E-state index is -0.205. The number of fused-ring (bicyclic) bond motifs is 1. The van der Waals surface area contributed by atoms with Crippen molar-refractivity contribution >= 4 is 34.5 Å². The van der Waals surface area contributed by atoms with Gasteiger partial charge in [0, 0.05) is 30.8 Å². The summed E-state index contributed by atoms with van der Waals surface area (Å²) >= 11 is 0. The molecule has 0 fully saturated rings. The van der Waals surface area contributed by atoms with Crippen LogP contribution in [0.1, 0.15) is 23.6 Å². The fourth-order valence-electron chi connectivity index (χ4n) is 3.91. The number of carbonyl (C=O) groups excluding carboxylic acids is 2. The summed E-state index contributed by atoms with van der Waals surface area (Å²) < 4.78 is 10.9. The van der Waals surface area contributed by atoms with Gasteiger partial charge in [-0.3, -0.25) is 9.59 Å². The molecule has 0 aliphatic carbocycles. The molecule has 0 radical (unpaired) electrons. The number of ether oxygens (including phenoxy) is 2. The summed E-state index contributed by atoms with van der Waals surface area (Å²) in [5.74, 6) is 0.850. The van der Waals surface area contributed by atoms with Crippen LogP contribution in [0.5, 0.6) is 11.5 Å². The maximum absolute atomic E-state index is 13.1. The van der Waals surface area contributed by atoms with E-state index < -0.39 is 0 Å². The minimum Gasteiger partial charge on any atom is -0.493 e. The molecule has 174 valence electrons. The van der Waals surface area contributed by atoms with Crippen LogP contribution >= 0.6 is 0 Å². The van der Waals surface area contributed by atoms with E-state index in [1.807, 2.05) is 60.7 Å². The number of hydrogen-bond donors (Lipinski definition) is 3. The van der Waals surface area contributed by atoms with Crippen LogP contribution < -0.4 is 25.4 Å². The molecule has 4 rings (SSSR count). The Morgan fingerprint density at radius 3 is 2.26 bits per heavy atom. The van der Waals surface area contributed by atoms with Gasteiger partial charge in [0.25, 0.3) is 5.91 Å². The van der Waals surface area contributed by atoms with Crippen molar-refractivity contribution in [3.05, 3.63) is 83.4 Å². The lowest BCUT2D eigenvalue weighted by molar-refractivity contribution is -0.119. The molecule has 1 aliphatic rings. The summed E-state index contributed by atoms with van der Waals surface area (Å²) in [5.41, 5.74) is 5.45. The van der Waals surface area contributed by atoms with E-state index >= 15 is 0 Å². The molecule has 2 amide bonds. The first-order valence-corrected chi connectivity index (χ1v) is 11.0. The fraction of sp³-hybridized carbons (Fsp3) is 0.185. The lowest BCUT2D eigenvalue weighted by atomic mass is 9.99. The molecule has 3 aromatic rings. The summed E-state index contributed by atoms with van der Waals surface area (Å²) in [6.07, 6.45) is 0.740. The highest BCUT2D eigenvalue weighted by Crippen LogP contribution is 2.43. The smallest absolute Gasteiger partial charge is 0.258 e. The number of nitrogens with one attached hydrogen (secondary N) is 3. The van der Waals surface area contributed by atoms with Gasteiger partial charge in [-0.05, 0) is 35.7 Å². The first-order chi connectivity index (χ1) is 16.5. The van der Waals surface area contributed by atoms with E-state index in [4.69, 9.17) is 9.47 Å². The molecule has 1 heterocycles. The van der Waals surface area contributed by atoms with Crippen molar-refractivity contribution in [2.75, 3.05) is 31.4 Å². The first-order valence-electron chi connectivity index (χ1n) is 11.0. The average molecular weight is 458 g/mol. The van der Waals surface area contributed by atoms with Gasteiger partial charge < -0.3 is 25.4 Å². The molecular weight excluding hydrogens is 430 g/mol. The quantitative estimate of drug-likeness (QED) is 0.439. The maximum Gasteiger partial charge on any atom is 0.258 e. The number of rotatable bonds is 8. The molecule has 1 aliphatic heterocycles. The monoisotopic (exact) mass is 457 g/mol. The van der Waals surface area contributed by atoms with Crippen LogP contribution in [0.4, 0.5) is 11.4 Å².